The molecule has 0 saturated carbocycles. The van der Waals surface area contributed by atoms with E-state index in [4.69, 9.17) is 0 Å². The lowest BCUT2D eigenvalue weighted by Crippen LogP contribution is -2.31. The number of benzene rings is 1. The second-order valence-electron chi connectivity index (χ2n) is 4.62. The molecule has 0 unspecified atom stereocenters. The summed E-state index contributed by atoms with van der Waals surface area (Å²) in [5, 5.41) is 0. The molecule has 0 amide bonds. The number of pyridine rings is 1. The fraction of sp³-hybridized carbons (Fsp3) is 0.200. The number of aromatic nitrogens is 1. The van der Waals surface area contributed by atoms with E-state index in [9.17, 15) is 4.79 Å². The highest BCUT2D eigenvalue weighted by Crippen LogP contribution is 2.28. The topological polar surface area (TPSA) is 33.2 Å². The van der Waals surface area contributed by atoms with Gasteiger partial charge in [-0.3, -0.25) is 9.78 Å². The highest BCUT2D eigenvalue weighted by molar-refractivity contribution is 9.10. The Labute approximate surface area is 120 Å². The monoisotopic (exact) mass is 316 g/mol. The van der Waals surface area contributed by atoms with Crippen molar-refractivity contribution in [2.24, 2.45) is 0 Å². The summed E-state index contributed by atoms with van der Waals surface area (Å²) in [5.74, 6) is 0.235. The van der Waals surface area contributed by atoms with Crippen molar-refractivity contribution in [3.05, 3.63) is 58.3 Å². The summed E-state index contributed by atoms with van der Waals surface area (Å²) in [7, 11) is 0. The molecule has 0 N–H and O–H groups in total. The third-order valence-electron chi connectivity index (χ3n) is 3.29. The molecule has 0 spiro atoms. The van der Waals surface area contributed by atoms with E-state index < -0.39 is 0 Å². The highest BCUT2D eigenvalue weighted by atomic mass is 79.9. The minimum absolute atomic E-state index is 0.235. The molecule has 0 saturated heterocycles. The normalized spacial score (nSPS) is 14.4. The molecule has 3 nitrogen and oxygen atoms in total. The molecule has 0 aliphatic carbocycles. The predicted molar refractivity (Wildman–Crippen MR) is 78.4 cm³/mol. The Morgan fingerprint density at radius 1 is 1.26 bits per heavy atom. The Balaban J connectivity index is 1.91. The summed E-state index contributed by atoms with van der Waals surface area (Å²) < 4.78 is 0.978. The minimum atomic E-state index is 0.235. The van der Waals surface area contributed by atoms with E-state index in [1.807, 2.05) is 30.5 Å². The van der Waals surface area contributed by atoms with E-state index in [0.717, 1.165) is 34.4 Å². The Morgan fingerprint density at radius 3 is 2.95 bits per heavy atom. The van der Waals surface area contributed by atoms with Gasteiger partial charge in [-0.15, -0.1) is 0 Å². The van der Waals surface area contributed by atoms with Crippen LogP contribution < -0.4 is 4.90 Å². The smallest absolute Gasteiger partial charge is 0.166 e. The van der Waals surface area contributed by atoms with E-state index in [-0.39, 0.29) is 5.78 Å². The number of rotatable bonds is 2. The lowest BCUT2D eigenvalue weighted by atomic mass is 10.00. The van der Waals surface area contributed by atoms with Crippen LogP contribution in [0.5, 0.6) is 0 Å². The van der Waals surface area contributed by atoms with Crippen LogP contribution in [0.4, 0.5) is 5.69 Å². The SMILES string of the molecule is O=C1CCN(Cc2cncc(Br)c2)c2ccccc21. The molecule has 3 rings (SSSR count). The van der Waals surface area contributed by atoms with Gasteiger partial charge in [-0.2, -0.15) is 0 Å². The number of carbonyl (C=O) groups excluding carboxylic acids is 1. The summed E-state index contributed by atoms with van der Waals surface area (Å²) in [6, 6.07) is 9.87. The van der Waals surface area contributed by atoms with Crippen molar-refractivity contribution in [2.75, 3.05) is 11.4 Å². The molecule has 1 aliphatic rings. The number of ketones is 1. The van der Waals surface area contributed by atoms with Gasteiger partial charge in [0.2, 0.25) is 0 Å². The van der Waals surface area contributed by atoms with Crippen LogP contribution in [0.25, 0.3) is 0 Å². The first-order chi connectivity index (χ1) is 9.24. The van der Waals surface area contributed by atoms with Gasteiger partial charge in [0.05, 0.1) is 0 Å². The van der Waals surface area contributed by atoms with Crippen LogP contribution in [0, 0.1) is 0 Å². The van der Waals surface area contributed by atoms with Crippen molar-refractivity contribution in [2.45, 2.75) is 13.0 Å². The van der Waals surface area contributed by atoms with Crippen LogP contribution in [0.1, 0.15) is 22.3 Å². The zero-order valence-corrected chi connectivity index (χ0v) is 11.9. The predicted octanol–water partition coefficient (Wildman–Crippen LogP) is 3.44. The summed E-state index contributed by atoms with van der Waals surface area (Å²) in [5.41, 5.74) is 2.99. The van der Waals surface area contributed by atoms with Crippen LogP contribution in [-0.4, -0.2) is 17.3 Å². The maximum atomic E-state index is 11.9. The number of hydrogen-bond acceptors (Lipinski definition) is 3. The zero-order chi connectivity index (χ0) is 13.2. The number of Topliss-reactive ketones (excluding diaryl/α,β-unsaturated/α-hetero) is 1. The summed E-state index contributed by atoms with van der Waals surface area (Å²) in [6.07, 6.45) is 4.22. The van der Waals surface area contributed by atoms with Crippen molar-refractivity contribution < 1.29 is 4.79 Å². The van der Waals surface area contributed by atoms with Gasteiger partial charge >= 0.3 is 0 Å². The van der Waals surface area contributed by atoms with Crippen LogP contribution in [0.15, 0.2) is 47.2 Å². The Hall–Kier alpha value is -1.68. The lowest BCUT2D eigenvalue weighted by Gasteiger charge is -2.30. The van der Waals surface area contributed by atoms with Crippen LogP contribution >= 0.6 is 15.9 Å². The molecule has 1 aromatic heterocycles. The van der Waals surface area contributed by atoms with E-state index in [1.165, 1.54) is 0 Å². The van der Waals surface area contributed by atoms with Gasteiger partial charge in [-0.25, -0.2) is 0 Å². The molecule has 0 atom stereocenters. The van der Waals surface area contributed by atoms with Crippen molar-refractivity contribution >= 4 is 27.4 Å². The molecule has 1 aromatic carbocycles. The molecule has 4 heteroatoms. The molecule has 96 valence electrons. The number of carbonyl (C=O) groups is 1. The Kier molecular flexibility index (Phi) is 3.34. The minimum Gasteiger partial charge on any atom is -0.366 e. The molecular formula is C15H13BrN2O. The van der Waals surface area contributed by atoms with Crippen molar-refractivity contribution in [3.8, 4) is 0 Å². The molecule has 1 aliphatic heterocycles. The van der Waals surface area contributed by atoms with E-state index in [1.54, 1.807) is 6.20 Å². The van der Waals surface area contributed by atoms with Gasteiger partial charge in [0.15, 0.2) is 5.78 Å². The highest BCUT2D eigenvalue weighted by Gasteiger charge is 2.22. The molecule has 2 aromatic rings. The van der Waals surface area contributed by atoms with E-state index in [0.29, 0.717) is 6.42 Å². The average molecular weight is 317 g/mol. The van der Waals surface area contributed by atoms with Crippen LogP contribution in [0.3, 0.4) is 0 Å². The number of hydrogen-bond donors (Lipinski definition) is 0. The van der Waals surface area contributed by atoms with Crippen LogP contribution in [-0.2, 0) is 6.54 Å². The number of fused-ring (bicyclic) bond motifs is 1. The first-order valence-corrected chi connectivity index (χ1v) is 7.00. The largest absolute Gasteiger partial charge is 0.366 e. The van der Waals surface area contributed by atoms with Gasteiger partial charge < -0.3 is 4.90 Å². The quantitative estimate of drug-likeness (QED) is 0.851. The third kappa shape index (κ3) is 2.54. The molecule has 19 heavy (non-hydrogen) atoms. The van der Waals surface area contributed by atoms with Crippen LogP contribution in [0.2, 0.25) is 0 Å². The molecule has 0 bridgehead atoms. The van der Waals surface area contributed by atoms with Crippen molar-refractivity contribution in [1.82, 2.24) is 4.98 Å². The number of nitrogens with zero attached hydrogens (tertiary/aromatic N) is 2. The van der Waals surface area contributed by atoms with E-state index in [2.05, 4.69) is 31.9 Å². The second kappa shape index (κ2) is 5.13. The number of anilines is 1. The standard InChI is InChI=1S/C15H13BrN2O/c16-12-7-11(8-17-9-12)10-18-6-5-15(19)13-3-1-2-4-14(13)18/h1-4,7-9H,5-6,10H2. The first kappa shape index (κ1) is 12.4. The molecule has 0 radical (unpaired) electrons. The first-order valence-electron chi connectivity index (χ1n) is 6.20. The maximum absolute atomic E-state index is 11.9. The summed E-state index contributed by atoms with van der Waals surface area (Å²) >= 11 is 3.43. The average Bonchev–Trinajstić information content (AvgIpc) is 2.42. The lowest BCUT2D eigenvalue weighted by molar-refractivity contribution is 0.0979. The van der Waals surface area contributed by atoms with Crippen molar-refractivity contribution in [3.63, 3.8) is 0 Å². The summed E-state index contributed by atoms with van der Waals surface area (Å²) in [6.45, 7) is 1.54. The fourth-order valence-corrected chi connectivity index (χ4v) is 2.82. The van der Waals surface area contributed by atoms with Gasteiger partial charge in [0.1, 0.15) is 0 Å². The molecular weight excluding hydrogens is 304 g/mol. The maximum Gasteiger partial charge on any atom is 0.166 e. The van der Waals surface area contributed by atoms with Crippen molar-refractivity contribution in [1.29, 1.82) is 0 Å². The zero-order valence-electron chi connectivity index (χ0n) is 10.3. The Morgan fingerprint density at radius 2 is 2.11 bits per heavy atom. The second-order valence-corrected chi connectivity index (χ2v) is 5.54. The molecule has 0 fully saturated rings. The van der Waals surface area contributed by atoms with E-state index >= 15 is 0 Å². The third-order valence-corrected chi connectivity index (χ3v) is 3.72. The molecule has 2 heterocycles. The van der Waals surface area contributed by atoms with Gasteiger partial charge in [0.25, 0.3) is 0 Å². The number of halogens is 1. The fourth-order valence-electron chi connectivity index (χ4n) is 2.40. The van der Waals surface area contributed by atoms with Gasteiger partial charge in [0, 0.05) is 47.6 Å². The summed E-state index contributed by atoms with van der Waals surface area (Å²) in [4.78, 5) is 18.3. The number of para-hydroxylation sites is 1. The van der Waals surface area contributed by atoms with Gasteiger partial charge in [-0.1, -0.05) is 12.1 Å². The van der Waals surface area contributed by atoms with Gasteiger partial charge in [-0.05, 0) is 39.7 Å². The Bertz CT molecular complexity index is 627.